The maximum Gasteiger partial charge on any atom is 0.326 e. The quantitative estimate of drug-likeness (QED) is 0.0953. The highest BCUT2D eigenvalue weighted by atomic mass is 16.4. The largest absolute Gasteiger partial charge is 0.480 e. The Morgan fingerprint density at radius 1 is 0.854 bits per heavy atom. The molecule has 2 saturated carbocycles. The van der Waals surface area contributed by atoms with Gasteiger partial charge in [-0.2, -0.15) is 0 Å². The number of nitrogens with one attached hydrogen (secondary N) is 5. The zero-order valence-electron chi connectivity index (χ0n) is 23.9. The van der Waals surface area contributed by atoms with Crippen molar-refractivity contribution in [1.82, 2.24) is 16.0 Å². The van der Waals surface area contributed by atoms with E-state index in [1.807, 2.05) is 12.1 Å². The van der Waals surface area contributed by atoms with Gasteiger partial charge in [0, 0.05) is 18.0 Å². The first-order valence-electron chi connectivity index (χ1n) is 15.0. The van der Waals surface area contributed by atoms with Gasteiger partial charge in [-0.05, 0) is 62.3 Å². The molecular weight excluding hydrogens is 522 g/mol. The number of hydrogen-bond acceptors (Lipinski definition) is 5. The second-order valence-electron chi connectivity index (χ2n) is 11.6. The molecule has 41 heavy (non-hydrogen) atoms. The Hall–Kier alpha value is -3.63. The van der Waals surface area contributed by atoms with E-state index in [1.54, 1.807) is 12.1 Å². The molecule has 2 unspecified atom stereocenters. The van der Waals surface area contributed by atoms with Gasteiger partial charge in [0.2, 0.25) is 11.8 Å². The summed E-state index contributed by atoms with van der Waals surface area (Å²) in [4.78, 5) is 39.5. The summed E-state index contributed by atoms with van der Waals surface area (Å²) in [6.45, 7) is 0.328. The van der Waals surface area contributed by atoms with Gasteiger partial charge in [-0.1, -0.05) is 62.8 Å². The number of carboxylic acids is 1. The molecule has 2 fully saturated rings. The van der Waals surface area contributed by atoms with E-state index in [0.29, 0.717) is 24.9 Å². The summed E-state index contributed by atoms with van der Waals surface area (Å²) >= 11 is 0. The molecule has 226 valence electrons. The van der Waals surface area contributed by atoms with Crippen LogP contribution in [0.2, 0.25) is 0 Å². The zero-order chi connectivity index (χ0) is 29.8. The Balaban J connectivity index is 1.77. The average molecular weight is 570 g/mol. The molecule has 0 aromatic heterocycles. The smallest absolute Gasteiger partial charge is 0.326 e. The first-order valence-corrected chi connectivity index (χ1v) is 15.0. The molecular formula is C30H47N7O4. The van der Waals surface area contributed by atoms with Gasteiger partial charge in [0.1, 0.15) is 17.9 Å². The van der Waals surface area contributed by atoms with E-state index in [2.05, 4.69) is 16.0 Å². The Morgan fingerprint density at radius 3 is 1.98 bits per heavy atom. The van der Waals surface area contributed by atoms with Gasteiger partial charge in [0.05, 0.1) is 0 Å². The van der Waals surface area contributed by atoms with Crippen molar-refractivity contribution < 1.29 is 19.5 Å². The normalized spacial score (nSPS) is 18.4. The van der Waals surface area contributed by atoms with E-state index in [4.69, 9.17) is 22.3 Å². The molecule has 11 heteroatoms. The molecule has 0 heterocycles. The van der Waals surface area contributed by atoms with Crippen LogP contribution in [0.1, 0.15) is 88.2 Å². The van der Waals surface area contributed by atoms with Crippen LogP contribution in [0.4, 0.5) is 0 Å². The van der Waals surface area contributed by atoms with Gasteiger partial charge in [-0.25, -0.2) is 4.79 Å². The molecule has 0 bridgehead atoms. The van der Waals surface area contributed by atoms with Crippen molar-refractivity contribution in [3.05, 3.63) is 35.4 Å². The van der Waals surface area contributed by atoms with Gasteiger partial charge in [0.15, 0.2) is 5.96 Å². The molecule has 1 aromatic carbocycles. The number of amidine groups is 1. The minimum atomic E-state index is -1.14. The van der Waals surface area contributed by atoms with E-state index in [-0.39, 0.29) is 41.9 Å². The van der Waals surface area contributed by atoms with Crippen LogP contribution < -0.4 is 27.4 Å². The van der Waals surface area contributed by atoms with E-state index < -0.39 is 24.0 Å². The number of carbonyl (C=O) groups is 3. The molecule has 3 rings (SSSR count). The third-order valence-electron chi connectivity index (χ3n) is 8.58. The van der Waals surface area contributed by atoms with Crippen molar-refractivity contribution >= 4 is 29.6 Å². The lowest BCUT2D eigenvalue weighted by Crippen LogP contribution is -2.56. The molecule has 0 spiro atoms. The van der Waals surface area contributed by atoms with E-state index >= 15 is 0 Å². The monoisotopic (exact) mass is 569 g/mol. The first-order chi connectivity index (χ1) is 19.7. The first kappa shape index (κ1) is 31.9. The number of guanidine groups is 1. The third-order valence-corrected chi connectivity index (χ3v) is 8.58. The van der Waals surface area contributed by atoms with Crippen LogP contribution in [0.15, 0.2) is 24.3 Å². The maximum atomic E-state index is 14.0. The van der Waals surface area contributed by atoms with Gasteiger partial charge < -0.3 is 32.5 Å². The molecule has 3 atom stereocenters. The number of aliphatic carboxylic acids is 1. The minimum absolute atomic E-state index is 0.00533. The molecule has 0 radical (unpaired) electrons. The van der Waals surface area contributed by atoms with Crippen LogP contribution >= 0.6 is 0 Å². The summed E-state index contributed by atoms with van der Waals surface area (Å²) in [7, 11) is 0. The predicted molar refractivity (Wildman–Crippen MR) is 158 cm³/mol. The Bertz CT molecular complexity index is 1050. The van der Waals surface area contributed by atoms with Gasteiger partial charge in [-0.3, -0.25) is 20.4 Å². The molecule has 2 aliphatic carbocycles. The Kier molecular flexibility index (Phi) is 12.4. The number of hydrogen-bond donors (Lipinski definition) is 8. The van der Waals surface area contributed by atoms with Crippen molar-refractivity contribution in [3.8, 4) is 0 Å². The fourth-order valence-corrected chi connectivity index (χ4v) is 6.26. The lowest BCUT2D eigenvalue weighted by atomic mass is 9.76. The highest BCUT2D eigenvalue weighted by Gasteiger charge is 2.37. The molecule has 11 nitrogen and oxygen atoms in total. The van der Waals surface area contributed by atoms with Crippen LogP contribution in [0.5, 0.6) is 0 Å². The molecule has 2 aliphatic rings. The second kappa shape index (κ2) is 16.0. The molecule has 1 aromatic rings. The number of nitrogens with two attached hydrogens (primary N) is 2. The lowest BCUT2D eigenvalue weighted by Gasteiger charge is -2.34. The van der Waals surface area contributed by atoms with Crippen LogP contribution in [0.25, 0.3) is 0 Å². The molecule has 0 aliphatic heterocycles. The Morgan fingerprint density at radius 2 is 1.44 bits per heavy atom. The summed E-state index contributed by atoms with van der Waals surface area (Å²) in [6.07, 6.45) is 11.0. The van der Waals surface area contributed by atoms with Crippen molar-refractivity contribution in [1.29, 1.82) is 10.8 Å². The van der Waals surface area contributed by atoms with Crippen LogP contribution in [-0.4, -0.2) is 53.3 Å². The number of rotatable bonds is 14. The van der Waals surface area contributed by atoms with E-state index in [1.165, 1.54) is 0 Å². The van der Waals surface area contributed by atoms with Crippen molar-refractivity contribution in [2.45, 2.75) is 95.6 Å². The number of benzene rings is 1. The second-order valence-corrected chi connectivity index (χ2v) is 11.6. The van der Waals surface area contributed by atoms with Crippen molar-refractivity contribution in [2.24, 2.45) is 29.2 Å². The molecule has 2 amide bonds. The van der Waals surface area contributed by atoms with Crippen LogP contribution in [0.3, 0.4) is 0 Å². The number of amides is 2. The Labute approximate surface area is 242 Å². The van der Waals surface area contributed by atoms with Gasteiger partial charge >= 0.3 is 5.97 Å². The fourth-order valence-electron chi connectivity index (χ4n) is 6.26. The summed E-state index contributed by atoms with van der Waals surface area (Å²) in [6, 6.07) is 5.50. The van der Waals surface area contributed by atoms with Gasteiger partial charge in [0.25, 0.3) is 0 Å². The van der Waals surface area contributed by atoms with Crippen molar-refractivity contribution in [3.63, 3.8) is 0 Å². The maximum absolute atomic E-state index is 14.0. The summed E-state index contributed by atoms with van der Waals surface area (Å²) in [5.74, 6) is -2.11. The summed E-state index contributed by atoms with van der Waals surface area (Å²) in [5, 5.41) is 33.1. The fraction of sp³-hybridized carbons (Fsp3) is 0.633. The standard InChI is InChI=1S/C30H47N7O4/c31-26(32)22-15-13-19(14-16-22)18-23(20-8-3-1-4-9-20)27(38)37-25(21-10-5-2-6-11-21)28(39)36-24(29(40)41)12-7-17-35-30(33)34/h13-16,20-21,23-25H,1-12,17-18H2,(H3,31,32)(H,36,39)(H,37,38)(H,40,41)(H4,33,34,35)/t23?,24-,25?/m0/s1. The average Bonchev–Trinajstić information content (AvgIpc) is 2.96. The SMILES string of the molecule is N=C(N)NCCC[C@H](NC(=O)C(NC(=O)C(Cc1ccc(C(=N)N)cc1)C1CCCCC1)C1CCCCC1)C(=O)O. The minimum Gasteiger partial charge on any atom is -0.480 e. The van der Waals surface area contributed by atoms with E-state index in [9.17, 15) is 19.5 Å². The molecule has 10 N–H and O–H groups in total. The highest BCUT2D eigenvalue weighted by molar-refractivity contribution is 5.95. The van der Waals surface area contributed by atoms with Gasteiger partial charge in [-0.15, -0.1) is 0 Å². The number of carboxylic acid groups (broad SMARTS) is 1. The summed E-state index contributed by atoms with van der Waals surface area (Å²) < 4.78 is 0. The van der Waals surface area contributed by atoms with Crippen LogP contribution in [0, 0.1) is 28.6 Å². The molecule has 0 saturated heterocycles. The lowest BCUT2D eigenvalue weighted by molar-refractivity contribution is -0.143. The summed E-state index contributed by atoms with van der Waals surface area (Å²) in [5.41, 5.74) is 12.5. The third kappa shape index (κ3) is 10.1. The number of nitrogen functional groups attached to an aromatic ring is 1. The van der Waals surface area contributed by atoms with Crippen LogP contribution in [-0.2, 0) is 20.8 Å². The predicted octanol–water partition coefficient (Wildman–Crippen LogP) is 2.61. The topological polar surface area (TPSA) is 207 Å². The zero-order valence-corrected chi connectivity index (χ0v) is 23.9. The highest BCUT2D eigenvalue weighted by Crippen LogP contribution is 2.33. The number of carbonyl (C=O) groups excluding carboxylic acids is 2. The van der Waals surface area contributed by atoms with Crippen molar-refractivity contribution in [2.75, 3.05) is 6.54 Å². The van der Waals surface area contributed by atoms with E-state index in [0.717, 1.165) is 69.8 Å².